The van der Waals surface area contributed by atoms with Crippen molar-refractivity contribution in [1.29, 1.82) is 0 Å². The Labute approximate surface area is 124 Å². The second-order valence-electron chi connectivity index (χ2n) is 6.04. The number of nitrogens with zero attached hydrogens (tertiary/aromatic N) is 2. The van der Waals surface area contributed by atoms with Crippen LogP contribution in [0, 0.1) is 6.92 Å². The molecule has 1 aromatic heterocycles. The third-order valence-corrected chi connectivity index (χ3v) is 4.60. The maximum absolute atomic E-state index is 12.7. The minimum atomic E-state index is -0.284. The Morgan fingerprint density at radius 3 is 2.86 bits per heavy atom. The topological polar surface area (TPSA) is 75.8 Å². The second-order valence-corrected chi connectivity index (χ2v) is 6.04. The normalized spacial score (nSPS) is 21.7. The minimum Gasteiger partial charge on any atom is -0.390 e. The highest BCUT2D eigenvalue weighted by Crippen LogP contribution is 2.35. The van der Waals surface area contributed by atoms with Gasteiger partial charge in [0.25, 0.3) is 5.91 Å². The van der Waals surface area contributed by atoms with Gasteiger partial charge in [-0.25, -0.2) is 0 Å². The first kappa shape index (κ1) is 14.5. The highest BCUT2D eigenvalue weighted by Gasteiger charge is 2.40. The number of aryl methyl sites for hydroxylation is 1. The second kappa shape index (κ2) is 5.77. The lowest BCUT2D eigenvalue weighted by Gasteiger charge is -2.45. The van der Waals surface area contributed by atoms with Gasteiger partial charge in [0, 0.05) is 6.54 Å². The van der Waals surface area contributed by atoms with Crippen LogP contribution in [0.15, 0.2) is 4.52 Å². The predicted octanol–water partition coefficient (Wildman–Crippen LogP) is 1.65. The van der Waals surface area contributed by atoms with E-state index in [2.05, 4.69) is 5.16 Å². The van der Waals surface area contributed by atoms with Crippen LogP contribution >= 0.6 is 0 Å². The minimum absolute atomic E-state index is 0.106. The number of aliphatic hydroxyl groups is 1. The van der Waals surface area contributed by atoms with Crippen LogP contribution in [0.4, 0.5) is 0 Å². The van der Waals surface area contributed by atoms with E-state index in [-0.39, 0.29) is 18.1 Å². The molecule has 1 aliphatic carbocycles. The molecule has 0 atom stereocenters. The van der Waals surface area contributed by atoms with Crippen molar-refractivity contribution in [2.24, 2.45) is 0 Å². The summed E-state index contributed by atoms with van der Waals surface area (Å²) in [6, 6.07) is 0. The Hall–Kier alpha value is -1.40. The summed E-state index contributed by atoms with van der Waals surface area (Å²) in [5.41, 5.74) is 0.559. The molecule has 2 fully saturated rings. The van der Waals surface area contributed by atoms with Crippen molar-refractivity contribution in [3.8, 4) is 0 Å². The van der Waals surface area contributed by atoms with Gasteiger partial charge in [0.05, 0.1) is 25.4 Å². The van der Waals surface area contributed by atoms with E-state index in [1.165, 1.54) is 6.42 Å². The van der Waals surface area contributed by atoms with Crippen molar-refractivity contribution >= 4 is 5.91 Å². The lowest BCUT2D eigenvalue weighted by molar-refractivity contribution is -0.117. The summed E-state index contributed by atoms with van der Waals surface area (Å²) in [5.74, 6) is 0.360. The van der Waals surface area contributed by atoms with Crippen LogP contribution in [-0.4, -0.2) is 46.4 Å². The molecule has 116 valence electrons. The van der Waals surface area contributed by atoms with Crippen molar-refractivity contribution in [3.63, 3.8) is 0 Å². The van der Waals surface area contributed by atoms with Crippen LogP contribution in [0.25, 0.3) is 0 Å². The van der Waals surface area contributed by atoms with E-state index in [0.717, 1.165) is 25.7 Å². The number of hydrogen-bond acceptors (Lipinski definition) is 5. The number of carbonyl (C=O) groups is 1. The number of aromatic nitrogens is 1. The fourth-order valence-corrected chi connectivity index (χ4v) is 3.47. The van der Waals surface area contributed by atoms with E-state index < -0.39 is 0 Å². The Kier molecular flexibility index (Phi) is 3.99. The number of ether oxygens (including phenoxy) is 1. The third kappa shape index (κ3) is 2.70. The zero-order valence-corrected chi connectivity index (χ0v) is 12.4. The third-order valence-electron chi connectivity index (χ3n) is 4.60. The van der Waals surface area contributed by atoms with E-state index in [9.17, 15) is 9.90 Å². The molecule has 1 spiro atoms. The number of amides is 1. The van der Waals surface area contributed by atoms with Crippen molar-refractivity contribution < 1.29 is 19.2 Å². The fourth-order valence-electron chi connectivity index (χ4n) is 3.47. The first-order valence-electron chi connectivity index (χ1n) is 7.64. The molecular weight excluding hydrogens is 272 g/mol. The zero-order valence-electron chi connectivity index (χ0n) is 12.4. The van der Waals surface area contributed by atoms with Gasteiger partial charge in [-0.3, -0.25) is 4.79 Å². The predicted molar refractivity (Wildman–Crippen MR) is 74.8 cm³/mol. The van der Waals surface area contributed by atoms with E-state index in [1.54, 1.807) is 6.92 Å². The highest BCUT2D eigenvalue weighted by atomic mass is 16.5. The standard InChI is InChI=1S/C15H22N2O4/c1-11-13(12(9-18)16-21-11)14(19)17-7-8-20-15(10-17)5-3-2-4-6-15/h18H,2-10H2,1H3. The van der Waals surface area contributed by atoms with E-state index in [1.807, 2.05) is 4.90 Å². The lowest BCUT2D eigenvalue weighted by Crippen LogP contribution is -2.54. The molecule has 6 nitrogen and oxygen atoms in total. The van der Waals surface area contributed by atoms with Crippen molar-refractivity contribution in [3.05, 3.63) is 17.0 Å². The highest BCUT2D eigenvalue weighted by molar-refractivity contribution is 5.96. The molecule has 1 saturated carbocycles. The molecule has 1 aromatic rings. The van der Waals surface area contributed by atoms with E-state index in [4.69, 9.17) is 9.26 Å². The molecule has 1 aliphatic heterocycles. The molecule has 1 saturated heterocycles. The average Bonchev–Trinajstić information content (AvgIpc) is 2.88. The van der Waals surface area contributed by atoms with Crippen LogP contribution < -0.4 is 0 Å². The number of aliphatic hydroxyl groups excluding tert-OH is 1. The summed E-state index contributed by atoms with van der Waals surface area (Å²) < 4.78 is 11.1. The smallest absolute Gasteiger partial charge is 0.259 e. The van der Waals surface area contributed by atoms with Gasteiger partial charge in [-0.15, -0.1) is 0 Å². The van der Waals surface area contributed by atoms with Crippen LogP contribution in [-0.2, 0) is 11.3 Å². The van der Waals surface area contributed by atoms with Gasteiger partial charge in [-0.05, 0) is 19.8 Å². The van der Waals surface area contributed by atoms with Gasteiger partial charge in [-0.1, -0.05) is 24.4 Å². The molecule has 6 heteroatoms. The van der Waals surface area contributed by atoms with Crippen LogP contribution in [0.1, 0.15) is 53.9 Å². The Morgan fingerprint density at radius 1 is 1.38 bits per heavy atom. The number of hydrogen-bond donors (Lipinski definition) is 1. The lowest BCUT2D eigenvalue weighted by atomic mass is 9.83. The van der Waals surface area contributed by atoms with Gasteiger partial charge in [-0.2, -0.15) is 0 Å². The molecule has 0 radical (unpaired) electrons. The first-order chi connectivity index (χ1) is 10.2. The SMILES string of the molecule is Cc1onc(CO)c1C(=O)N1CCOC2(CCCCC2)C1. The van der Waals surface area contributed by atoms with Gasteiger partial charge in [0.2, 0.25) is 0 Å². The summed E-state index contributed by atoms with van der Waals surface area (Å²) in [6.45, 7) is 3.20. The Balaban J connectivity index is 1.79. The quantitative estimate of drug-likeness (QED) is 0.897. The maximum Gasteiger partial charge on any atom is 0.259 e. The average molecular weight is 294 g/mol. The van der Waals surface area contributed by atoms with Crippen LogP contribution in [0.3, 0.4) is 0 Å². The van der Waals surface area contributed by atoms with Gasteiger partial charge < -0.3 is 19.3 Å². The summed E-state index contributed by atoms with van der Waals surface area (Å²) in [6.07, 6.45) is 5.61. The Bertz CT molecular complexity index is 514. The summed E-state index contributed by atoms with van der Waals surface area (Å²) >= 11 is 0. The molecule has 3 rings (SSSR count). The molecule has 0 bridgehead atoms. The van der Waals surface area contributed by atoms with Gasteiger partial charge >= 0.3 is 0 Å². The first-order valence-corrected chi connectivity index (χ1v) is 7.64. The monoisotopic (exact) mass is 294 g/mol. The molecule has 0 unspecified atom stereocenters. The molecule has 0 aromatic carbocycles. The van der Waals surface area contributed by atoms with Gasteiger partial charge in [0.15, 0.2) is 0 Å². The molecule has 1 N–H and O–H groups in total. The molecule has 21 heavy (non-hydrogen) atoms. The molecular formula is C15H22N2O4. The van der Waals surface area contributed by atoms with Crippen LogP contribution in [0.5, 0.6) is 0 Å². The zero-order chi connectivity index (χ0) is 14.9. The Morgan fingerprint density at radius 2 is 2.14 bits per heavy atom. The molecule has 2 aliphatic rings. The number of morpholine rings is 1. The fraction of sp³-hybridized carbons (Fsp3) is 0.733. The van der Waals surface area contributed by atoms with Crippen LogP contribution in [0.2, 0.25) is 0 Å². The maximum atomic E-state index is 12.7. The summed E-state index contributed by atoms with van der Waals surface area (Å²) in [4.78, 5) is 14.6. The summed E-state index contributed by atoms with van der Waals surface area (Å²) in [7, 11) is 0. The van der Waals surface area contributed by atoms with Gasteiger partial charge in [0.1, 0.15) is 17.0 Å². The van der Waals surface area contributed by atoms with Crippen molar-refractivity contribution in [2.75, 3.05) is 19.7 Å². The number of rotatable bonds is 2. The van der Waals surface area contributed by atoms with E-state index >= 15 is 0 Å². The van der Waals surface area contributed by atoms with Crippen molar-refractivity contribution in [1.82, 2.24) is 10.1 Å². The summed E-state index contributed by atoms with van der Waals surface area (Å²) in [5, 5.41) is 13.1. The molecule has 2 heterocycles. The molecule has 1 amide bonds. The largest absolute Gasteiger partial charge is 0.390 e. The number of carbonyl (C=O) groups excluding carboxylic acids is 1. The van der Waals surface area contributed by atoms with Crippen molar-refractivity contribution in [2.45, 2.75) is 51.2 Å². The van der Waals surface area contributed by atoms with E-state index in [0.29, 0.717) is 36.7 Å².